The summed E-state index contributed by atoms with van der Waals surface area (Å²) in [5, 5.41) is 18.1. The van der Waals surface area contributed by atoms with Crippen LogP contribution in [0.15, 0.2) is 23.2 Å². The molecule has 1 amide bonds. The van der Waals surface area contributed by atoms with Crippen LogP contribution in [0.3, 0.4) is 0 Å². The number of carboxylic acids is 1. The van der Waals surface area contributed by atoms with Crippen LogP contribution in [-0.4, -0.2) is 75.5 Å². The second-order valence-corrected chi connectivity index (χ2v) is 8.81. The lowest BCUT2D eigenvalue weighted by Crippen LogP contribution is -2.37. The fraction of sp³-hybridized carbons (Fsp3) is 0.571. The molecule has 0 saturated carbocycles. The lowest BCUT2D eigenvalue weighted by Gasteiger charge is -2.24. The maximum Gasteiger partial charge on any atom is 0.410 e. The van der Waals surface area contributed by atoms with Crippen molar-refractivity contribution < 1.29 is 29.3 Å². The van der Waals surface area contributed by atoms with E-state index in [1.807, 2.05) is 37.8 Å². The van der Waals surface area contributed by atoms with Crippen LogP contribution in [0.25, 0.3) is 0 Å². The first-order chi connectivity index (χ1) is 14.5. The van der Waals surface area contributed by atoms with Gasteiger partial charge in [0.2, 0.25) is 0 Å². The van der Waals surface area contributed by atoms with Gasteiger partial charge in [-0.05, 0) is 50.5 Å². The van der Waals surface area contributed by atoms with Crippen molar-refractivity contribution >= 4 is 18.0 Å². The second kappa shape index (κ2) is 9.01. The van der Waals surface area contributed by atoms with Gasteiger partial charge in [-0.2, -0.15) is 0 Å². The number of nitrogens with two attached hydrogens (primary N) is 1. The minimum atomic E-state index is -1.57. The van der Waals surface area contributed by atoms with Crippen molar-refractivity contribution in [3.8, 4) is 5.75 Å². The van der Waals surface area contributed by atoms with Crippen LogP contribution in [-0.2, 0) is 22.6 Å². The third-order valence-electron chi connectivity index (χ3n) is 5.05. The number of aliphatic hydroxyl groups is 1. The maximum atomic E-state index is 12.2. The number of amides is 1. The summed E-state index contributed by atoms with van der Waals surface area (Å²) in [6.07, 6.45) is -1.18. The molecule has 10 nitrogen and oxygen atoms in total. The third-order valence-corrected chi connectivity index (χ3v) is 5.05. The minimum absolute atomic E-state index is 0.0763. The zero-order chi connectivity index (χ0) is 22.8. The molecule has 10 heteroatoms. The molecule has 2 heterocycles. The van der Waals surface area contributed by atoms with Crippen molar-refractivity contribution in [2.45, 2.75) is 58.0 Å². The van der Waals surface area contributed by atoms with Crippen molar-refractivity contribution in [2.24, 2.45) is 10.7 Å². The van der Waals surface area contributed by atoms with Gasteiger partial charge in [-0.15, -0.1) is 0 Å². The monoisotopic (exact) mass is 434 g/mol. The number of nitrogens with zero attached hydrogens (tertiary/aromatic N) is 3. The number of hydrogen-bond acceptors (Lipinski definition) is 6. The Labute approximate surface area is 181 Å². The summed E-state index contributed by atoms with van der Waals surface area (Å²) in [6, 6.07) is 5.37. The van der Waals surface area contributed by atoms with Crippen molar-refractivity contribution in [3.63, 3.8) is 0 Å². The zero-order valence-electron chi connectivity index (χ0n) is 18.1. The Morgan fingerprint density at radius 1 is 1.26 bits per heavy atom. The summed E-state index contributed by atoms with van der Waals surface area (Å²) in [5.74, 6) is -0.426. The summed E-state index contributed by atoms with van der Waals surface area (Å²) in [5.41, 5.74) is 7.79. The molecular weight excluding hydrogens is 404 g/mol. The Balaban J connectivity index is 1.55. The van der Waals surface area contributed by atoms with Gasteiger partial charge in [0.1, 0.15) is 18.0 Å². The molecule has 31 heavy (non-hydrogen) atoms. The summed E-state index contributed by atoms with van der Waals surface area (Å²) >= 11 is 0. The second-order valence-electron chi connectivity index (χ2n) is 8.81. The Morgan fingerprint density at radius 2 is 1.97 bits per heavy atom. The average molecular weight is 434 g/mol. The Kier molecular flexibility index (Phi) is 6.59. The van der Waals surface area contributed by atoms with E-state index < -0.39 is 17.7 Å². The van der Waals surface area contributed by atoms with Gasteiger partial charge in [0, 0.05) is 26.2 Å². The topological polar surface area (TPSA) is 138 Å². The van der Waals surface area contributed by atoms with Gasteiger partial charge < -0.3 is 35.2 Å². The molecule has 170 valence electrons. The molecule has 2 atom stereocenters. The van der Waals surface area contributed by atoms with E-state index in [0.29, 0.717) is 37.9 Å². The number of benzene rings is 1. The van der Waals surface area contributed by atoms with Gasteiger partial charge in [-0.25, -0.2) is 14.6 Å². The molecule has 0 unspecified atom stereocenters. The quantitative estimate of drug-likeness (QED) is 0.463. The Morgan fingerprint density at radius 3 is 2.65 bits per heavy atom. The third kappa shape index (κ3) is 6.00. The van der Waals surface area contributed by atoms with E-state index in [0.717, 1.165) is 17.5 Å². The van der Waals surface area contributed by atoms with Crippen LogP contribution in [0, 0.1) is 0 Å². The molecule has 0 aromatic heterocycles. The number of aliphatic imine (C=N–C) groups is 1. The molecule has 1 aromatic rings. The van der Waals surface area contributed by atoms with E-state index >= 15 is 0 Å². The molecule has 1 fully saturated rings. The van der Waals surface area contributed by atoms with E-state index in [2.05, 4.69) is 4.99 Å². The summed E-state index contributed by atoms with van der Waals surface area (Å²) in [6.45, 7) is 7.40. The highest BCUT2D eigenvalue weighted by Gasteiger charge is 2.30. The number of carbonyl (C=O) groups excluding carboxylic acids is 1. The highest BCUT2D eigenvalue weighted by molar-refractivity contribution is 5.79. The highest BCUT2D eigenvalue weighted by Crippen LogP contribution is 2.27. The fourth-order valence-corrected chi connectivity index (χ4v) is 3.48. The summed E-state index contributed by atoms with van der Waals surface area (Å²) in [4.78, 5) is 31.1. The number of likely N-dealkylation sites (tertiary alicyclic amines) is 1. The van der Waals surface area contributed by atoms with E-state index in [9.17, 15) is 14.7 Å². The predicted octanol–water partition coefficient (Wildman–Crippen LogP) is 1.15. The van der Waals surface area contributed by atoms with E-state index in [1.54, 1.807) is 11.0 Å². The van der Waals surface area contributed by atoms with Crippen molar-refractivity contribution in [1.82, 2.24) is 9.80 Å². The Hall–Kier alpha value is -3.01. The van der Waals surface area contributed by atoms with E-state index in [1.165, 1.54) is 0 Å². The van der Waals surface area contributed by atoms with Crippen molar-refractivity contribution in [1.29, 1.82) is 0 Å². The summed E-state index contributed by atoms with van der Waals surface area (Å²) < 4.78 is 10.8. The van der Waals surface area contributed by atoms with Crippen LogP contribution in [0.4, 0.5) is 4.79 Å². The standard InChI is InChI=1S/C21H30N4O6/c1-21(2,3)31-20(29)24-7-6-15(11-24)23-19(22)25-9-13-4-5-16(8-14(13)10-25)30-12-17(26)18(27)28/h4-5,8,15,17,26H,6-7,9-12H2,1-3H3,(H2,22,23)(H,27,28)/t15-,17-/m1/s1. The van der Waals surface area contributed by atoms with Gasteiger partial charge in [0.25, 0.3) is 0 Å². The first-order valence-corrected chi connectivity index (χ1v) is 10.2. The van der Waals surface area contributed by atoms with Gasteiger partial charge >= 0.3 is 12.1 Å². The molecule has 1 aromatic carbocycles. The van der Waals surface area contributed by atoms with Crippen LogP contribution in [0.5, 0.6) is 5.75 Å². The van der Waals surface area contributed by atoms with E-state index in [4.69, 9.17) is 20.3 Å². The Bertz CT molecular complexity index is 866. The normalized spacial score (nSPS) is 19.9. The lowest BCUT2D eigenvalue weighted by molar-refractivity contribution is -0.148. The average Bonchev–Trinajstić information content (AvgIpc) is 3.31. The van der Waals surface area contributed by atoms with Crippen molar-refractivity contribution in [3.05, 3.63) is 29.3 Å². The molecule has 1 saturated heterocycles. The molecule has 0 aliphatic carbocycles. The lowest BCUT2D eigenvalue weighted by atomic mass is 10.1. The highest BCUT2D eigenvalue weighted by atomic mass is 16.6. The number of carbonyl (C=O) groups is 2. The fourth-order valence-electron chi connectivity index (χ4n) is 3.48. The number of ether oxygens (including phenoxy) is 2. The molecule has 3 rings (SSSR count). The number of hydrogen-bond donors (Lipinski definition) is 3. The predicted molar refractivity (Wildman–Crippen MR) is 113 cm³/mol. The maximum absolute atomic E-state index is 12.2. The van der Waals surface area contributed by atoms with Gasteiger partial charge in [-0.3, -0.25) is 0 Å². The van der Waals surface area contributed by atoms with Gasteiger partial charge in [0.15, 0.2) is 12.1 Å². The van der Waals surface area contributed by atoms with Crippen LogP contribution < -0.4 is 10.5 Å². The summed E-state index contributed by atoms with van der Waals surface area (Å²) in [7, 11) is 0. The molecule has 0 radical (unpaired) electrons. The van der Waals surface area contributed by atoms with Gasteiger partial charge in [-0.1, -0.05) is 6.07 Å². The van der Waals surface area contributed by atoms with E-state index in [-0.39, 0.29) is 18.7 Å². The number of fused-ring (bicyclic) bond motifs is 1. The molecular formula is C21H30N4O6. The molecule has 2 aliphatic heterocycles. The number of carboxylic acid groups (broad SMARTS) is 1. The first-order valence-electron chi connectivity index (χ1n) is 10.2. The number of aliphatic hydroxyl groups excluding tert-OH is 1. The van der Waals surface area contributed by atoms with Crippen LogP contribution >= 0.6 is 0 Å². The SMILES string of the molecule is CC(C)(C)OC(=O)N1CC[C@@H](N=C(N)N2Cc3ccc(OC[C@@H](O)C(=O)O)cc3C2)C1. The molecule has 4 N–H and O–H groups in total. The number of aliphatic carboxylic acids is 1. The van der Waals surface area contributed by atoms with Crippen LogP contribution in [0.2, 0.25) is 0 Å². The molecule has 2 aliphatic rings. The smallest absolute Gasteiger partial charge is 0.410 e. The molecule has 0 spiro atoms. The van der Waals surface area contributed by atoms with Gasteiger partial charge in [0.05, 0.1) is 6.04 Å². The van der Waals surface area contributed by atoms with Crippen LogP contribution in [0.1, 0.15) is 38.3 Å². The largest absolute Gasteiger partial charge is 0.490 e. The van der Waals surface area contributed by atoms with Crippen molar-refractivity contribution in [2.75, 3.05) is 19.7 Å². The number of guanidine groups is 1. The minimum Gasteiger partial charge on any atom is -0.490 e. The molecule has 0 bridgehead atoms. The zero-order valence-corrected chi connectivity index (χ0v) is 18.1. The first kappa shape index (κ1) is 22.7. The number of rotatable bonds is 5.